The molecule has 0 aliphatic carbocycles. The van der Waals surface area contributed by atoms with Crippen LogP contribution in [-0.2, 0) is 6.54 Å². The topological polar surface area (TPSA) is 69.0 Å². The fourth-order valence-electron chi connectivity index (χ4n) is 4.32. The summed E-state index contributed by atoms with van der Waals surface area (Å²) in [6.45, 7) is 6.31. The quantitative estimate of drug-likeness (QED) is 0.741. The van der Waals surface area contributed by atoms with E-state index in [1.165, 1.54) is 0 Å². The van der Waals surface area contributed by atoms with E-state index in [2.05, 4.69) is 9.80 Å². The summed E-state index contributed by atoms with van der Waals surface area (Å²) in [7, 11) is 1.76. The molecule has 1 N–H and O–H groups in total. The SMILES string of the molecule is CN1CCC(=O)c2ccn(CCCCN3CCN(c4ccc(O)cc4)CC3)c2C1=O. The largest absolute Gasteiger partial charge is 0.508 e. The highest BCUT2D eigenvalue weighted by atomic mass is 16.3. The predicted octanol–water partition coefficient (Wildman–Crippen LogP) is 2.45. The van der Waals surface area contributed by atoms with Crippen molar-refractivity contribution in [2.45, 2.75) is 25.8 Å². The van der Waals surface area contributed by atoms with Gasteiger partial charge in [0.15, 0.2) is 5.78 Å². The Hall–Kier alpha value is -2.80. The van der Waals surface area contributed by atoms with Gasteiger partial charge in [-0.25, -0.2) is 0 Å². The standard InChI is InChI=1S/C23H30N4O3/c1-24-12-9-21(29)20-8-13-27(22(20)23(24)30)11-3-2-10-25-14-16-26(17-15-25)18-4-6-19(28)7-5-18/h4-8,13,28H,2-3,9-12,14-17H2,1H3. The molecule has 1 saturated heterocycles. The molecule has 1 amide bonds. The van der Waals surface area contributed by atoms with E-state index < -0.39 is 0 Å². The van der Waals surface area contributed by atoms with Crippen LogP contribution in [0.3, 0.4) is 0 Å². The lowest BCUT2D eigenvalue weighted by molar-refractivity contribution is 0.0787. The van der Waals surface area contributed by atoms with Crippen molar-refractivity contribution in [3.63, 3.8) is 0 Å². The summed E-state index contributed by atoms with van der Waals surface area (Å²) in [4.78, 5) is 31.4. The highest BCUT2D eigenvalue weighted by Gasteiger charge is 2.28. The van der Waals surface area contributed by atoms with Crippen LogP contribution in [0.4, 0.5) is 5.69 Å². The molecule has 0 unspecified atom stereocenters. The number of aromatic hydroxyl groups is 1. The van der Waals surface area contributed by atoms with Crippen molar-refractivity contribution < 1.29 is 14.7 Å². The molecule has 3 heterocycles. The predicted molar refractivity (Wildman–Crippen MR) is 116 cm³/mol. The zero-order valence-corrected chi connectivity index (χ0v) is 17.6. The van der Waals surface area contributed by atoms with E-state index in [9.17, 15) is 14.7 Å². The highest BCUT2D eigenvalue weighted by molar-refractivity contribution is 6.08. The van der Waals surface area contributed by atoms with Crippen LogP contribution in [0.25, 0.3) is 0 Å². The van der Waals surface area contributed by atoms with E-state index in [-0.39, 0.29) is 11.7 Å². The molecule has 2 aliphatic heterocycles. The first-order chi connectivity index (χ1) is 14.5. The summed E-state index contributed by atoms with van der Waals surface area (Å²) >= 11 is 0. The van der Waals surface area contributed by atoms with Gasteiger partial charge in [-0.2, -0.15) is 0 Å². The highest BCUT2D eigenvalue weighted by Crippen LogP contribution is 2.21. The van der Waals surface area contributed by atoms with Crippen molar-refractivity contribution in [2.75, 3.05) is 51.2 Å². The van der Waals surface area contributed by atoms with Crippen LogP contribution in [0.15, 0.2) is 36.5 Å². The van der Waals surface area contributed by atoms with Gasteiger partial charge in [-0.1, -0.05) is 0 Å². The molecule has 30 heavy (non-hydrogen) atoms. The number of hydrogen-bond donors (Lipinski definition) is 1. The number of aryl methyl sites for hydroxylation is 1. The van der Waals surface area contributed by atoms with Crippen molar-refractivity contribution in [2.24, 2.45) is 0 Å². The summed E-state index contributed by atoms with van der Waals surface area (Å²) < 4.78 is 1.96. The number of hydrogen-bond acceptors (Lipinski definition) is 5. The third-order valence-corrected chi connectivity index (χ3v) is 6.20. The lowest BCUT2D eigenvalue weighted by Gasteiger charge is -2.36. The van der Waals surface area contributed by atoms with E-state index >= 15 is 0 Å². The Labute approximate surface area is 177 Å². The van der Waals surface area contributed by atoms with Crippen molar-refractivity contribution in [3.05, 3.63) is 47.8 Å². The molecule has 2 aromatic rings. The molecule has 1 fully saturated rings. The van der Waals surface area contributed by atoms with E-state index in [1.807, 2.05) is 22.9 Å². The Morgan fingerprint density at radius 1 is 0.900 bits per heavy atom. The van der Waals surface area contributed by atoms with Gasteiger partial charge in [0.05, 0.1) is 0 Å². The van der Waals surface area contributed by atoms with Gasteiger partial charge in [0, 0.05) is 70.2 Å². The number of ketones is 1. The smallest absolute Gasteiger partial charge is 0.270 e. The number of Topliss-reactive ketones (excluding diaryl/α,β-unsaturated/α-hetero) is 1. The number of rotatable bonds is 6. The van der Waals surface area contributed by atoms with Gasteiger partial charge in [-0.15, -0.1) is 0 Å². The van der Waals surface area contributed by atoms with Crippen LogP contribution in [0.2, 0.25) is 0 Å². The molecule has 4 rings (SSSR count). The zero-order valence-electron chi connectivity index (χ0n) is 17.6. The molecule has 0 bridgehead atoms. The maximum Gasteiger partial charge on any atom is 0.270 e. The molecule has 0 atom stereocenters. The molecule has 7 heteroatoms. The zero-order chi connectivity index (χ0) is 21.1. The Bertz CT molecular complexity index is 898. The lowest BCUT2D eigenvalue weighted by Crippen LogP contribution is -2.46. The first-order valence-electron chi connectivity index (χ1n) is 10.8. The molecule has 7 nitrogen and oxygen atoms in total. The molecule has 0 saturated carbocycles. The first-order valence-corrected chi connectivity index (χ1v) is 10.8. The van der Waals surface area contributed by atoms with Gasteiger partial charge in [0.2, 0.25) is 0 Å². The van der Waals surface area contributed by atoms with Crippen LogP contribution in [-0.4, -0.2) is 77.5 Å². The molecular formula is C23H30N4O3. The number of amides is 1. The molecule has 1 aromatic carbocycles. The molecule has 1 aromatic heterocycles. The number of phenolic OH excluding ortho intramolecular Hbond substituents is 1. The van der Waals surface area contributed by atoms with Crippen molar-refractivity contribution >= 4 is 17.4 Å². The van der Waals surface area contributed by atoms with Gasteiger partial charge in [0.25, 0.3) is 5.91 Å². The van der Waals surface area contributed by atoms with Gasteiger partial charge in [0.1, 0.15) is 11.4 Å². The average molecular weight is 411 g/mol. The van der Waals surface area contributed by atoms with Crippen molar-refractivity contribution in [1.29, 1.82) is 0 Å². The van der Waals surface area contributed by atoms with Crippen LogP contribution in [0, 0.1) is 0 Å². The maximum atomic E-state index is 12.6. The van der Waals surface area contributed by atoms with E-state index in [1.54, 1.807) is 30.1 Å². The van der Waals surface area contributed by atoms with E-state index in [0.29, 0.717) is 30.0 Å². The summed E-state index contributed by atoms with van der Waals surface area (Å²) in [5.41, 5.74) is 2.29. The number of carbonyl (C=O) groups excluding carboxylic acids is 2. The fourth-order valence-corrected chi connectivity index (χ4v) is 4.32. The van der Waals surface area contributed by atoms with Crippen LogP contribution in [0.5, 0.6) is 5.75 Å². The minimum Gasteiger partial charge on any atom is -0.508 e. The van der Waals surface area contributed by atoms with Crippen molar-refractivity contribution in [3.8, 4) is 5.75 Å². The van der Waals surface area contributed by atoms with Crippen LogP contribution >= 0.6 is 0 Å². The van der Waals surface area contributed by atoms with E-state index in [0.717, 1.165) is 57.8 Å². The number of unbranched alkanes of at least 4 members (excludes halogenated alkanes) is 1. The number of anilines is 1. The maximum absolute atomic E-state index is 12.6. The van der Waals surface area contributed by atoms with E-state index in [4.69, 9.17) is 0 Å². The lowest BCUT2D eigenvalue weighted by atomic mass is 10.1. The molecule has 160 valence electrons. The molecule has 0 spiro atoms. The number of carbonyl (C=O) groups is 2. The monoisotopic (exact) mass is 410 g/mol. The average Bonchev–Trinajstić information content (AvgIpc) is 3.15. The number of aromatic nitrogens is 1. The van der Waals surface area contributed by atoms with Gasteiger partial charge < -0.3 is 19.5 Å². The Morgan fingerprint density at radius 3 is 2.33 bits per heavy atom. The summed E-state index contributed by atoms with van der Waals surface area (Å²) in [5, 5.41) is 9.44. The van der Waals surface area contributed by atoms with Gasteiger partial charge in [-0.3, -0.25) is 14.5 Å². The minimum absolute atomic E-state index is 0.0498. The van der Waals surface area contributed by atoms with Crippen molar-refractivity contribution in [1.82, 2.24) is 14.4 Å². The van der Waals surface area contributed by atoms with Crippen LogP contribution < -0.4 is 4.90 Å². The summed E-state index contributed by atoms with van der Waals surface area (Å²) in [6.07, 6.45) is 4.32. The molecule has 0 radical (unpaired) electrons. The summed E-state index contributed by atoms with van der Waals surface area (Å²) in [6, 6.07) is 9.21. The third kappa shape index (κ3) is 4.36. The second kappa shape index (κ2) is 8.92. The van der Waals surface area contributed by atoms with Gasteiger partial charge >= 0.3 is 0 Å². The van der Waals surface area contributed by atoms with Crippen LogP contribution in [0.1, 0.15) is 40.1 Å². The minimum atomic E-state index is -0.0498. The first kappa shape index (κ1) is 20.5. The molecule has 2 aliphatic rings. The Morgan fingerprint density at radius 2 is 1.60 bits per heavy atom. The second-order valence-corrected chi connectivity index (χ2v) is 8.22. The normalized spacial score (nSPS) is 17.9. The summed E-state index contributed by atoms with van der Waals surface area (Å²) in [5.74, 6) is 0.314. The number of benzene rings is 1. The third-order valence-electron chi connectivity index (χ3n) is 6.20. The number of phenols is 1. The Kier molecular flexibility index (Phi) is 6.08. The Balaban J connectivity index is 1.24. The number of fused-ring (bicyclic) bond motifs is 1. The number of nitrogens with zero attached hydrogens (tertiary/aromatic N) is 4. The second-order valence-electron chi connectivity index (χ2n) is 8.22. The molecular weight excluding hydrogens is 380 g/mol. The fraction of sp³-hybridized carbons (Fsp3) is 0.478. The number of piperazine rings is 1. The van der Waals surface area contributed by atoms with Gasteiger partial charge in [-0.05, 0) is 49.7 Å².